The summed E-state index contributed by atoms with van der Waals surface area (Å²) in [6, 6.07) is 8.81. The Labute approximate surface area is 86.4 Å². The third-order valence-electron chi connectivity index (χ3n) is 2.18. The van der Waals surface area contributed by atoms with E-state index in [0.717, 1.165) is 5.56 Å². The number of H-pyrrole nitrogens is 1. The average Bonchev–Trinajstić information content (AvgIpc) is 2.67. The highest BCUT2D eigenvalue weighted by Gasteiger charge is 2.11. The molecule has 0 radical (unpaired) electrons. The summed E-state index contributed by atoms with van der Waals surface area (Å²) in [4.78, 5) is 13.6. The normalized spacial score (nSPS) is 10.1. The highest BCUT2D eigenvalue weighted by molar-refractivity contribution is 5.94. The maximum Gasteiger partial charge on any atom is 0.352 e. The Morgan fingerprint density at radius 3 is 2.47 bits per heavy atom. The molecule has 0 aliphatic rings. The Bertz CT molecular complexity index is 486. The van der Waals surface area contributed by atoms with E-state index in [1.807, 2.05) is 0 Å². The first kappa shape index (κ1) is 9.33. The van der Waals surface area contributed by atoms with Gasteiger partial charge < -0.3 is 15.8 Å². The fourth-order valence-corrected chi connectivity index (χ4v) is 1.45. The number of carbonyl (C=O) groups is 1. The quantitative estimate of drug-likeness (QED) is 0.651. The van der Waals surface area contributed by atoms with Crippen molar-refractivity contribution < 1.29 is 9.90 Å². The van der Waals surface area contributed by atoms with Gasteiger partial charge in [0.2, 0.25) is 0 Å². The first-order valence-corrected chi connectivity index (χ1v) is 4.45. The number of aromatic carboxylic acids is 1. The van der Waals surface area contributed by atoms with Crippen molar-refractivity contribution in [1.29, 1.82) is 0 Å². The number of anilines is 1. The monoisotopic (exact) mass is 202 g/mol. The van der Waals surface area contributed by atoms with Gasteiger partial charge in [-0.3, -0.25) is 0 Å². The molecule has 4 heteroatoms. The largest absolute Gasteiger partial charge is 0.477 e. The number of nitrogen functional groups attached to an aromatic ring is 1. The minimum atomic E-state index is -0.966. The van der Waals surface area contributed by atoms with Gasteiger partial charge in [-0.1, -0.05) is 12.1 Å². The molecule has 0 atom stereocenters. The van der Waals surface area contributed by atoms with Crippen LogP contribution in [0.25, 0.3) is 11.1 Å². The van der Waals surface area contributed by atoms with Crippen molar-refractivity contribution in [3.63, 3.8) is 0 Å². The van der Waals surface area contributed by atoms with Crippen LogP contribution >= 0.6 is 0 Å². The lowest BCUT2D eigenvalue weighted by Gasteiger charge is -2.00. The minimum absolute atomic E-state index is 0.194. The molecule has 1 heterocycles. The summed E-state index contributed by atoms with van der Waals surface area (Å²) in [5.74, 6) is -0.966. The maximum absolute atomic E-state index is 10.9. The lowest BCUT2D eigenvalue weighted by Crippen LogP contribution is -1.98. The van der Waals surface area contributed by atoms with Crippen LogP contribution in [-0.2, 0) is 0 Å². The van der Waals surface area contributed by atoms with Gasteiger partial charge in [-0.05, 0) is 23.8 Å². The lowest BCUT2D eigenvalue weighted by atomic mass is 10.1. The number of aromatic nitrogens is 1. The molecule has 15 heavy (non-hydrogen) atoms. The first-order valence-electron chi connectivity index (χ1n) is 4.45. The predicted octanol–water partition coefficient (Wildman–Crippen LogP) is 1.96. The van der Waals surface area contributed by atoms with Crippen LogP contribution in [0.2, 0.25) is 0 Å². The summed E-state index contributed by atoms with van der Waals surface area (Å²) in [7, 11) is 0. The van der Waals surface area contributed by atoms with E-state index < -0.39 is 5.97 Å². The molecule has 0 saturated carbocycles. The van der Waals surface area contributed by atoms with Crippen LogP contribution in [0, 0.1) is 0 Å². The van der Waals surface area contributed by atoms with Crippen molar-refractivity contribution in [2.75, 3.05) is 5.73 Å². The van der Waals surface area contributed by atoms with Gasteiger partial charge in [-0.15, -0.1) is 0 Å². The van der Waals surface area contributed by atoms with Gasteiger partial charge >= 0.3 is 5.97 Å². The molecule has 0 fully saturated rings. The van der Waals surface area contributed by atoms with Gasteiger partial charge in [0, 0.05) is 17.4 Å². The molecule has 4 N–H and O–H groups in total. The van der Waals surface area contributed by atoms with Gasteiger partial charge in [0.15, 0.2) is 0 Å². The number of rotatable bonds is 2. The van der Waals surface area contributed by atoms with Crippen molar-refractivity contribution in [2.24, 2.45) is 0 Å². The lowest BCUT2D eigenvalue weighted by molar-refractivity contribution is 0.0692. The number of hydrogen-bond donors (Lipinski definition) is 3. The molecule has 76 valence electrons. The number of benzene rings is 1. The molecule has 1 aromatic heterocycles. The number of aromatic amines is 1. The number of nitrogens with one attached hydrogen (secondary N) is 1. The van der Waals surface area contributed by atoms with E-state index in [2.05, 4.69) is 4.98 Å². The number of carboxylic acids is 1. The Hall–Kier alpha value is -2.23. The zero-order chi connectivity index (χ0) is 10.8. The summed E-state index contributed by atoms with van der Waals surface area (Å²) >= 11 is 0. The van der Waals surface area contributed by atoms with Gasteiger partial charge in [0.25, 0.3) is 0 Å². The molecule has 0 spiro atoms. The molecule has 4 nitrogen and oxygen atoms in total. The van der Waals surface area contributed by atoms with Gasteiger partial charge in [-0.2, -0.15) is 0 Å². The number of hydrogen-bond acceptors (Lipinski definition) is 2. The second kappa shape index (κ2) is 3.49. The SMILES string of the molecule is Nc1ccc(-c2cc[nH]c2C(=O)O)cc1. The Balaban J connectivity index is 2.49. The highest BCUT2D eigenvalue weighted by Crippen LogP contribution is 2.23. The van der Waals surface area contributed by atoms with Crippen LogP contribution in [0.4, 0.5) is 5.69 Å². The summed E-state index contributed by atoms with van der Waals surface area (Å²) in [6.07, 6.45) is 1.61. The minimum Gasteiger partial charge on any atom is -0.477 e. The van der Waals surface area contributed by atoms with Crippen molar-refractivity contribution >= 4 is 11.7 Å². The van der Waals surface area contributed by atoms with E-state index in [-0.39, 0.29) is 5.69 Å². The fraction of sp³-hybridized carbons (Fsp3) is 0. The van der Waals surface area contributed by atoms with E-state index in [9.17, 15) is 4.79 Å². The molecular weight excluding hydrogens is 192 g/mol. The molecule has 0 bridgehead atoms. The second-order valence-electron chi connectivity index (χ2n) is 3.19. The molecule has 0 unspecified atom stereocenters. The Kier molecular flexibility index (Phi) is 2.17. The third-order valence-corrected chi connectivity index (χ3v) is 2.18. The highest BCUT2D eigenvalue weighted by atomic mass is 16.4. The summed E-state index contributed by atoms with van der Waals surface area (Å²) in [5, 5.41) is 8.91. The predicted molar refractivity (Wildman–Crippen MR) is 57.6 cm³/mol. The van der Waals surface area contributed by atoms with Crippen LogP contribution in [0.1, 0.15) is 10.5 Å². The third kappa shape index (κ3) is 1.69. The van der Waals surface area contributed by atoms with Crippen LogP contribution in [0.3, 0.4) is 0 Å². The fourth-order valence-electron chi connectivity index (χ4n) is 1.45. The molecule has 0 aliphatic carbocycles. The molecule has 0 amide bonds. The zero-order valence-electron chi connectivity index (χ0n) is 7.90. The smallest absolute Gasteiger partial charge is 0.352 e. The Morgan fingerprint density at radius 2 is 1.87 bits per heavy atom. The van der Waals surface area contributed by atoms with E-state index in [1.54, 1.807) is 36.5 Å². The maximum atomic E-state index is 10.9. The van der Waals surface area contributed by atoms with Crippen LogP contribution in [0.15, 0.2) is 36.5 Å². The van der Waals surface area contributed by atoms with E-state index in [1.165, 1.54) is 0 Å². The van der Waals surface area contributed by atoms with Gasteiger partial charge in [-0.25, -0.2) is 4.79 Å². The summed E-state index contributed by atoms with van der Waals surface area (Å²) in [5.41, 5.74) is 7.91. The number of nitrogens with two attached hydrogens (primary N) is 1. The van der Waals surface area contributed by atoms with Crippen LogP contribution < -0.4 is 5.73 Å². The summed E-state index contributed by atoms with van der Waals surface area (Å²) in [6.45, 7) is 0. The second-order valence-corrected chi connectivity index (χ2v) is 3.19. The van der Waals surface area contributed by atoms with Gasteiger partial charge in [0.1, 0.15) is 5.69 Å². The van der Waals surface area contributed by atoms with Gasteiger partial charge in [0.05, 0.1) is 0 Å². The van der Waals surface area contributed by atoms with E-state index in [4.69, 9.17) is 10.8 Å². The van der Waals surface area contributed by atoms with Crippen LogP contribution in [-0.4, -0.2) is 16.1 Å². The summed E-state index contributed by atoms with van der Waals surface area (Å²) < 4.78 is 0. The number of carboxylic acid groups (broad SMARTS) is 1. The van der Waals surface area contributed by atoms with E-state index in [0.29, 0.717) is 11.3 Å². The van der Waals surface area contributed by atoms with Crippen molar-refractivity contribution in [3.05, 3.63) is 42.2 Å². The zero-order valence-corrected chi connectivity index (χ0v) is 7.90. The molecule has 0 aliphatic heterocycles. The van der Waals surface area contributed by atoms with Crippen LogP contribution in [0.5, 0.6) is 0 Å². The molecule has 2 rings (SSSR count). The first-order chi connectivity index (χ1) is 7.18. The topological polar surface area (TPSA) is 79.1 Å². The Morgan fingerprint density at radius 1 is 1.20 bits per heavy atom. The molecule has 2 aromatic rings. The van der Waals surface area contributed by atoms with Crippen molar-refractivity contribution in [2.45, 2.75) is 0 Å². The molecule has 0 saturated heterocycles. The molecule has 1 aromatic carbocycles. The molecular formula is C11H10N2O2. The van der Waals surface area contributed by atoms with Crippen molar-refractivity contribution in [3.8, 4) is 11.1 Å². The standard InChI is InChI=1S/C11H10N2O2/c12-8-3-1-7(2-4-8)9-5-6-13-10(9)11(14)15/h1-6,13H,12H2,(H,14,15). The average molecular weight is 202 g/mol. The van der Waals surface area contributed by atoms with Crippen molar-refractivity contribution in [1.82, 2.24) is 4.98 Å². The van der Waals surface area contributed by atoms with E-state index >= 15 is 0 Å².